The first-order valence-corrected chi connectivity index (χ1v) is 10.0. The molecule has 0 aromatic carbocycles. The maximum Gasteiger partial charge on any atom is 0.469 e. The third-order valence-corrected chi connectivity index (χ3v) is 4.87. The summed E-state index contributed by atoms with van der Waals surface area (Å²) < 4.78 is 27.5. The van der Waals surface area contributed by atoms with Crippen LogP contribution < -0.4 is 5.32 Å². The summed E-state index contributed by atoms with van der Waals surface area (Å²) in [6, 6.07) is 3.56. The van der Waals surface area contributed by atoms with Crippen LogP contribution >= 0.6 is 7.82 Å². The second-order valence-electron chi connectivity index (χ2n) is 6.31. The topological polar surface area (TPSA) is 185 Å². The molecule has 156 valence electrons. The highest BCUT2D eigenvalue weighted by Gasteiger charge is 2.45. The van der Waals surface area contributed by atoms with Gasteiger partial charge in [0.15, 0.2) is 23.2 Å². The molecule has 0 aliphatic carbocycles. The molecule has 3 aromatic heterocycles. The zero-order valence-corrected chi connectivity index (χ0v) is 15.7. The number of phosphoric ester groups is 1. The van der Waals surface area contributed by atoms with Crippen molar-refractivity contribution in [1.82, 2.24) is 19.5 Å². The number of aliphatic hydroxyl groups excluding tert-OH is 2. The summed E-state index contributed by atoms with van der Waals surface area (Å²) in [6.45, 7) is -0.231. The Hall–Kier alpha value is -2.38. The molecular weight excluding hydrogens is 409 g/mol. The monoisotopic (exact) mass is 427 g/mol. The van der Waals surface area contributed by atoms with Crippen molar-refractivity contribution < 1.29 is 38.2 Å². The van der Waals surface area contributed by atoms with E-state index in [0.29, 0.717) is 29.3 Å². The van der Waals surface area contributed by atoms with Crippen molar-refractivity contribution in [2.45, 2.75) is 31.1 Å². The maximum absolute atomic E-state index is 10.9. The third kappa shape index (κ3) is 4.16. The Kier molecular flexibility index (Phi) is 5.36. The molecule has 0 bridgehead atoms. The molecule has 4 unspecified atom stereocenters. The molecule has 1 aliphatic rings. The molecule has 5 N–H and O–H groups in total. The van der Waals surface area contributed by atoms with Gasteiger partial charge in [-0.05, 0) is 12.1 Å². The minimum absolute atomic E-state index is 0.328. The van der Waals surface area contributed by atoms with Crippen molar-refractivity contribution in [3.8, 4) is 0 Å². The predicted molar refractivity (Wildman–Crippen MR) is 95.3 cm³/mol. The second-order valence-corrected chi connectivity index (χ2v) is 7.55. The van der Waals surface area contributed by atoms with Crippen molar-refractivity contribution in [3.05, 3.63) is 36.8 Å². The van der Waals surface area contributed by atoms with Gasteiger partial charge in [0, 0.05) is 0 Å². The van der Waals surface area contributed by atoms with Gasteiger partial charge in [-0.1, -0.05) is 0 Å². The Morgan fingerprint density at radius 1 is 1.24 bits per heavy atom. The number of ether oxygens (including phenoxy) is 1. The normalized spacial score (nSPS) is 25.0. The summed E-state index contributed by atoms with van der Waals surface area (Å²) in [6.07, 6.45) is -0.847. The zero-order valence-electron chi connectivity index (χ0n) is 14.8. The first kappa shape index (κ1) is 19.9. The fourth-order valence-corrected chi connectivity index (χ4v) is 3.36. The van der Waals surface area contributed by atoms with Crippen LogP contribution in [-0.4, -0.2) is 64.4 Å². The largest absolute Gasteiger partial charge is 0.469 e. The van der Waals surface area contributed by atoms with Gasteiger partial charge >= 0.3 is 7.82 Å². The van der Waals surface area contributed by atoms with E-state index in [-0.39, 0.29) is 0 Å². The lowest BCUT2D eigenvalue weighted by atomic mass is 10.1. The molecule has 4 rings (SSSR count). The predicted octanol–water partition coefficient (Wildman–Crippen LogP) is -0.240. The lowest BCUT2D eigenvalue weighted by molar-refractivity contribution is -0.0504. The molecule has 0 spiro atoms. The molecule has 0 amide bonds. The van der Waals surface area contributed by atoms with E-state index in [1.54, 1.807) is 18.4 Å². The standard InChI is InChI=1S/C15H18N5O8P/c21-11-9(5-27-29(23,24)25)28-15(12(11)22)20-7-19-10-13(17-6-18-14(10)20)16-4-8-2-1-3-26-8/h1-3,6-7,9,11-12,15,21-22H,4-5H2,(H,16,17,18)(H2,23,24,25). The van der Waals surface area contributed by atoms with Crippen LogP contribution in [0.2, 0.25) is 0 Å². The summed E-state index contributed by atoms with van der Waals surface area (Å²) in [5.74, 6) is 1.13. The number of nitrogens with zero attached hydrogens (tertiary/aromatic N) is 4. The van der Waals surface area contributed by atoms with Crippen LogP contribution in [0.1, 0.15) is 12.0 Å². The summed E-state index contributed by atoms with van der Waals surface area (Å²) in [5.41, 5.74) is 0.731. The number of nitrogens with one attached hydrogen (secondary N) is 1. The van der Waals surface area contributed by atoms with Gasteiger partial charge in [-0.3, -0.25) is 9.09 Å². The minimum atomic E-state index is -4.75. The maximum atomic E-state index is 10.9. The lowest BCUT2D eigenvalue weighted by Gasteiger charge is -2.16. The highest BCUT2D eigenvalue weighted by atomic mass is 31.2. The number of phosphoric acid groups is 1. The Labute approximate surface area is 163 Å². The number of aromatic nitrogens is 4. The van der Waals surface area contributed by atoms with Crippen LogP contribution in [0.5, 0.6) is 0 Å². The quantitative estimate of drug-likeness (QED) is 0.312. The molecular formula is C15H18N5O8P. The highest BCUT2D eigenvalue weighted by molar-refractivity contribution is 7.46. The summed E-state index contributed by atoms with van der Waals surface area (Å²) >= 11 is 0. The minimum Gasteiger partial charge on any atom is -0.467 e. The van der Waals surface area contributed by atoms with Crippen LogP contribution in [0, 0.1) is 0 Å². The Balaban J connectivity index is 1.54. The Bertz CT molecular complexity index is 1020. The van der Waals surface area contributed by atoms with Gasteiger partial charge < -0.3 is 34.5 Å². The van der Waals surface area contributed by atoms with Crippen LogP contribution in [-0.2, 0) is 20.4 Å². The van der Waals surface area contributed by atoms with Crippen LogP contribution in [0.15, 0.2) is 35.5 Å². The van der Waals surface area contributed by atoms with Gasteiger partial charge in [0.2, 0.25) is 0 Å². The van der Waals surface area contributed by atoms with E-state index in [2.05, 4.69) is 24.8 Å². The number of fused-ring (bicyclic) bond motifs is 1. The molecule has 1 saturated heterocycles. The number of hydrogen-bond donors (Lipinski definition) is 5. The van der Waals surface area contributed by atoms with Crippen molar-refractivity contribution in [3.63, 3.8) is 0 Å². The summed E-state index contributed by atoms with van der Waals surface area (Å²) in [4.78, 5) is 30.2. The molecule has 4 atom stereocenters. The molecule has 3 aromatic rings. The fraction of sp³-hybridized carbons (Fsp3) is 0.400. The fourth-order valence-electron chi connectivity index (χ4n) is 3.02. The molecule has 0 saturated carbocycles. The van der Waals surface area contributed by atoms with Gasteiger partial charge in [0.1, 0.15) is 30.4 Å². The lowest BCUT2D eigenvalue weighted by Crippen LogP contribution is -2.33. The smallest absolute Gasteiger partial charge is 0.467 e. The molecule has 1 aliphatic heterocycles. The third-order valence-electron chi connectivity index (χ3n) is 4.39. The number of hydrogen-bond acceptors (Lipinski definition) is 10. The van der Waals surface area contributed by atoms with Gasteiger partial charge in [0.05, 0.1) is 25.7 Å². The van der Waals surface area contributed by atoms with Crippen molar-refractivity contribution in [2.75, 3.05) is 11.9 Å². The van der Waals surface area contributed by atoms with Gasteiger partial charge in [0.25, 0.3) is 0 Å². The van der Waals surface area contributed by atoms with E-state index in [9.17, 15) is 14.8 Å². The number of anilines is 1. The van der Waals surface area contributed by atoms with Crippen molar-refractivity contribution in [2.24, 2.45) is 0 Å². The number of imidazole rings is 1. The molecule has 14 heteroatoms. The van der Waals surface area contributed by atoms with Crippen LogP contribution in [0.25, 0.3) is 11.2 Å². The summed E-state index contributed by atoms with van der Waals surface area (Å²) in [7, 11) is -4.75. The van der Waals surface area contributed by atoms with Crippen molar-refractivity contribution >= 4 is 24.8 Å². The van der Waals surface area contributed by atoms with Gasteiger partial charge in [-0.15, -0.1) is 0 Å². The van der Waals surface area contributed by atoms with Crippen molar-refractivity contribution in [1.29, 1.82) is 0 Å². The molecule has 4 heterocycles. The average molecular weight is 427 g/mol. The van der Waals surface area contributed by atoms with Gasteiger partial charge in [-0.2, -0.15) is 0 Å². The number of furan rings is 1. The van der Waals surface area contributed by atoms with E-state index in [1.807, 2.05) is 0 Å². The first-order valence-electron chi connectivity index (χ1n) is 8.49. The Morgan fingerprint density at radius 2 is 2.07 bits per heavy atom. The second kappa shape index (κ2) is 7.80. The molecule has 1 fully saturated rings. The van der Waals surface area contributed by atoms with E-state index in [1.165, 1.54) is 17.2 Å². The van der Waals surface area contributed by atoms with E-state index in [0.717, 1.165) is 0 Å². The molecule has 13 nitrogen and oxygen atoms in total. The molecule has 0 radical (unpaired) electrons. The molecule has 29 heavy (non-hydrogen) atoms. The summed E-state index contributed by atoms with van der Waals surface area (Å²) in [5, 5.41) is 23.6. The Morgan fingerprint density at radius 3 is 2.79 bits per heavy atom. The van der Waals surface area contributed by atoms with Crippen LogP contribution in [0.3, 0.4) is 0 Å². The van der Waals surface area contributed by atoms with E-state index < -0.39 is 39.0 Å². The SMILES string of the molecule is O=P(O)(O)OCC1OC(n2cnc3c(NCc4ccco4)ncnc32)C(O)C1O. The van der Waals surface area contributed by atoms with E-state index >= 15 is 0 Å². The average Bonchev–Trinajstić information content (AvgIpc) is 3.39. The zero-order chi connectivity index (χ0) is 20.6. The highest BCUT2D eigenvalue weighted by Crippen LogP contribution is 2.38. The number of rotatable bonds is 7. The van der Waals surface area contributed by atoms with E-state index in [4.69, 9.17) is 18.9 Å². The van der Waals surface area contributed by atoms with Gasteiger partial charge in [-0.25, -0.2) is 19.5 Å². The van der Waals surface area contributed by atoms with Crippen LogP contribution in [0.4, 0.5) is 5.82 Å². The first-order chi connectivity index (χ1) is 13.8. The number of aliphatic hydroxyl groups is 2.